The molecule has 5 heteroatoms. The zero-order chi connectivity index (χ0) is 17.8. The van der Waals surface area contributed by atoms with Gasteiger partial charge >= 0.3 is 0 Å². The molecule has 0 bridgehead atoms. The van der Waals surface area contributed by atoms with Gasteiger partial charge in [0.1, 0.15) is 23.2 Å². The standard InChI is InChI=1S/C20H22N4O/c1-13-5-8-16(9-6-13)23-19-12-20(22-15(3)21-19)24-17-11-14(2)7-10-18(17)25-4/h5-12H,1-4H3,(H2,21,22,23,24). The third-order valence-electron chi connectivity index (χ3n) is 3.78. The Hall–Kier alpha value is -3.08. The average molecular weight is 334 g/mol. The second-order valence-corrected chi connectivity index (χ2v) is 6.01. The Bertz CT molecular complexity index is 875. The van der Waals surface area contributed by atoms with Gasteiger partial charge in [-0.3, -0.25) is 0 Å². The number of ether oxygens (including phenoxy) is 1. The van der Waals surface area contributed by atoms with Crippen LogP contribution < -0.4 is 15.4 Å². The lowest BCUT2D eigenvalue weighted by Gasteiger charge is -2.13. The van der Waals surface area contributed by atoms with Gasteiger partial charge in [0.25, 0.3) is 0 Å². The van der Waals surface area contributed by atoms with Crippen molar-refractivity contribution in [3.8, 4) is 5.75 Å². The van der Waals surface area contributed by atoms with Crippen LogP contribution in [0.1, 0.15) is 17.0 Å². The van der Waals surface area contributed by atoms with Crippen molar-refractivity contribution >= 4 is 23.0 Å². The van der Waals surface area contributed by atoms with E-state index in [1.165, 1.54) is 5.56 Å². The molecular formula is C20H22N4O. The molecule has 1 aromatic heterocycles. The monoisotopic (exact) mass is 334 g/mol. The maximum atomic E-state index is 5.42. The summed E-state index contributed by atoms with van der Waals surface area (Å²) < 4.78 is 5.42. The van der Waals surface area contributed by atoms with Crippen molar-refractivity contribution < 1.29 is 4.74 Å². The fourth-order valence-corrected chi connectivity index (χ4v) is 2.54. The molecule has 2 aromatic carbocycles. The van der Waals surface area contributed by atoms with Crippen LogP contribution in [0.3, 0.4) is 0 Å². The van der Waals surface area contributed by atoms with Gasteiger partial charge in [-0.15, -0.1) is 0 Å². The highest BCUT2D eigenvalue weighted by Gasteiger charge is 2.07. The van der Waals surface area contributed by atoms with Crippen LogP contribution in [0.15, 0.2) is 48.5 Å². The van der Waals surface area contributed by atoms with Gasteiger partial charge in [0.15, 0.2) is 0 Å². The number of anilines is 4. The fraction of sp³-hybridized carbons (Fsp3) is 0.200. The summed E-state index contributed by atoms with van der Waals surface area (Å²) in [6.07, 6.45) is 0. The highest BCUT2D eigenvalue weighted by molar-refractivity contribution is 5.68. The van der Waals surface area contributed by atoms with Crippen LogP contribution in [-0.4, -0.2) is 17.1 Å². The molecule has 0 aliphatic rings. The maximum absolute atomic E-state index is 5.42. The fourth-order valence-electron chi connectivity index (χ4n) is 2.54. The lowest BCUT2D eigenvalue weighted by Crippen LogP contribution is -2.02. The second-order valence-electron chi connectivity index (χ2n) is 6.01. The summed E-state index contributed by atoms with van der Waals surface area (Å²) >= 11 is 0. The Morgan fingerprint density at radius 1 is 0.760 bits per heavy atom. The molecule has 0 amide bonds. The topological polar surface area (TPSA) is 59.1 Å². The van der Waals surface area contributed by atoms with Gasteiger partial charge in [-0.1, -0.05) is 23.8 Å². The van der Waals surface area contributed by atoms with Crippen molar-refractivity contribution in [2.45, 2.75) is 20.8 Å². The van der Waals surface area contributed by atoms with Crippen molar-refractivity contribution in [2.24, 2.45) is 0 Å². The third-order valence-corrected chi connectivity index (χ3v) is 3.78. The van der Waals surface area contributed by atoms with Crippen molar-refractivity contribution in [1.82, 2.24) is 9.97 Å². The van der Waals surface area contributed by atoms with E-state index in [-0.39, 0.29) is 0 Å². The molecule has 2 N–H and O–H groups in total. The van der Waals surface area contributed by atoms with Crippen LogP contribution in [0.25, 0.3) is 0 Å². The molecule has 0 aliphatic heterocycles. The normalized spacial score (nSPS) is 10.4. The molecule has 128 valence electrons. The van der Waals surface area contributed by atoms with E-state index in [0.717, 1.165) is 28.5 Å². The lowest BCUT2D eigenvalue weighted by atomic mass is 10.2. The Balaban J connectivity index is 1.87. The molecule has 25 heavy (non-hydrogen) atoms. The molecule has 1 heterocycles. The van der Waals surface area contributed by atoms with E-state index < -0.39 is 0 Å². The number of hydrogen-bond donors (Lipinski definition) is 2. The summed E-state index contributed by atoms with van der Waals surface area (Å²) in [6.45, 7) is 5.98. The minimum atomic E-state index is 0.686. The Morgan fingerprint density at radius 3 is 2.08 bits per heavy atom. The first-order valence-electron chi connectivity index (χ1n) is 8.14. The summed E-state index contributed by atoms with van der Waals surface area (Å²) in [6, 6.07) is 16.1. The van der Waals surface area contributed by atoms with Crippen LogP contribution in [0.5, 0.6) is 5.75 Å². The van der Waals surface area contributed by atoms with Crippen LogP contribution >= 0.6 is 0 Å². The van der Waals surface area contributed by atoms with Crippen LogP contribution in [-0.2, 0) is 0 Å². The van der Waals surface area contributed by atoms with E-state index >= 15 is 0 Å². The Morgan fingerprint density at radius 2 is 1.40 bits per heavy atom. The molecular weight excluding hydrogens is 312 g/mol. The minimum absolute atomic E-state index is 0.686. The lowest BCUT2D eigenvalue weighted by molar-refractivity contribution is 0.416. The van der Waals surface area contributed by atoms with Crippen molar-refractivity contribution in [3.05, 3.63) is 65.5 Å². The number of benzene rings is 2. The van der Waals surface area contributed by atoms with E-state index in [0.29, 0.717) is 11.6 Å². The molecule has 3 aromatic rings. The van der Waals surface area contributed by atoms with E-state index in [1.807, 2.05) is 50.2 Å². The van der Waals surface area contributed by atoms with Gasteiger partial charge in [-0.05, 0) is 50.6 Å². The first kappa shape index (κ1) is 16.8. The molecule has 0 saturated heterocycles. The van der Waals surface area contributed by atoms with Gasteiger partial charge in [0.2, 0.25) is 0 Å². The van der Waals surface area contributed by atoms with Gasteiger partial charge < -0.3 is 15.4 Å². The van der Waals surface area contributed by atoms with Gasteiger partial charge in [-0.2, -0.15) is 0 Å². The molecule has 0 fully saturated rings. The summed E-state index contributed by atoms with van der Waals surface area (Å²) in [5.41, 5.74) is 4.23. The molecule has 0 spiro atoms. The summed E-state index contributed by atoms with van der Waals surface area (Å²) in [4.78, 5) is 8.93. The van der Waals surface area contributed by atoms with Crippen LogP contribution in [0, 0.1) is 20.8 Å². The second kappa shape index (κ2) is 7.21. The predicted molar refractivity (Wildman–Crippen MR) is 102 cm³/mol. The highest BCUT2D eigenvalue weighted by atomic mass is 16.5. The Labute approximate surface area is 148 Å². The SMILES string of the molecule is COc1ccc(C)cc1Nc1cc(Nc2ccc(C)cc2)nc(C)n1. The third kappa shape index (κ3) is 4.26. The first-order chi connectivity index (χ1) is 12.0. The number of nitrogens with zero attached hydrogens (tertiary/aromatic N) is 2. The number of aromatic nitrogens is 2. The number of hydrogen-bond acceptors (Lipinski definition) is 5. The van der Waals surface area contributed by atoms with Gasteiger partial charge in [-0.25, -0.2) is 9.97 Å². The number of methoxy groups -OCH3 is 1. The summed E-state index contributed by atoms with van der Waals surface area (Å²) in [5.74, 6) is 2.91. The van der Waals surface area contributed by atoms with Gasteiger partial charge in [0.05, 0.1) is 12.8 Å². The van der Waals surface area contributed by atoms with E-state index in [2.05, 4.69) is 39.7 Å². The molecule has 0 atom stereocenters. The number of aryl methyl sites for hydroxylation is 3. The number of nitrogens with one attached hydrogen (secondary N) is 2. The van der Waals surface area contributed by atoms with Crippen molar-refractivity contribution in [2.75, 3.05) is 17.7 Å². The minimum Gasteiger partial charge on any atom is -0.495 e. The molecule has 3 rings (SSSR count). The van der Waals surface area contributed by atoms with Crippen LogP contribution in [0.2, 0.25) is 0 Å². The quantitative estimate of drug-likeness (QED) is 0.695. The maximum Gasteiger partial charge on any atom is 0.142 e. The van der Waals surface area contributed by atoms with Crippen molar-refractivity contribution in [3.63, 3.8) is 0 Å². The number of rotatable bonds is 5. The molecule has 0 radical (unpaired) electrons. The molecule has 0 saturated carbocycles. The van der Waals surface area contributed by atoms with Crippen molar-refractivity contribution in [1.29, 1.82) is 0 Å². The summed E-state index contributed by atoms with van der Waals surface area (Å²) in [7, 11) is 1.66. The molecule has 0 aliphatic carbocycles. The molecule has 0 unspecified atom stereocenters. The highest BCUT2D eigenvalue weighted by Crippen LogP contribution is 2.29. The average Bonchev–Trinajstić information content (AvgIpc) is 2.57. The van der Waals surface area contributed by atoms with E-state index in [9.17, 15) is 0 Å². The largest absolute Gasteiger partial charge is 0.495 e. The zero-order valence-electron chi connectivity index (χ0n) is 14.9. The van der Waals surface area contributed by atoms with Gasteiger partial charge in [0, 0.05) is 11.8 Å². The first-order valence-corrected chi connectivity index (χ1v) is 8.14. The van der Waals surface area contributed by atoms with Crippen LogP contribution in [0.4, 0.5) is 23.0 Å². The van der Waals surface area contributed by atoms with E-state index in [4.69, 9.17) is 4.74 Å². The van der Waals surface area contributed by atoms with E-state index in [1.54, 1.807) is 7.11 Å². The predicted octanol–water partition coefficient (Wildman–Crippen LogP) is 4.90. The zero-order valence-corrected chi connectivity index (χ0v) is 14.9. The summed E-state index contributed by atoms with van der Waals surface area (Å²) in [5, 5.41) is 6.64. The molecule has 5 nitrogen and oxygen atoms in total. The smallest absolute Gasteiger partial charge is 0.142 e. The Kier molecular flexibility index (Phi) is 4.84.